The van der Waals surface area contributed by atoms with E-state index < -0.39 is 0 Å². The van der Waals surface area contributed by atoms with Gasteiger partial charge in [0, 0.05) is 22.4 Å². The fourth-order valence-corrected chi connectivity index (χ4v) is 4.40. The van der Waals surface area contributed by atoms with Gasteiger partial charge in [0.1, 0.15) is 5.75 Å². The van der Waals surface area contributed by atoms with Crippen molar-refractivity contribution in [3.8, 4) is 38.7 Å². The van der Waals surface area contributed by atoms with Gasteiger partial charge in [-0.25, -0.2) is 4.98 Å². The normalized spacial score (nSPS) is 11.9. The number of pyridine rings is 1. The van der Waals surface area contributed by atoms with Crippen LogP contribution >= 0.6 is 11.3 Å². The van der Waals surface area contributed by atoms with E-state index in [-0.39, 0.29) is 0 Å². The molecule has 4 aromatic rings. The summed E-state index contributed by atoms with van der Waals surface area (Å²) in [6, 6.07) is 23.3. The van der Waals surface area contributed by atoms with Crippen molar-refractivity contribution < 1.29 is 4.74 Å². The minimum atomic E-state index is 0.860. The zero-order chi connectivity index (χ0) is 17.5. The highest BCUT2D eigenvalue weighted by Crippen LogP contribution is 2.43. The number of rotatable bonds is 3. The molecule has 0 N–H and O–H groups in total. The van der Waals surface area contributed by atoms with E-state index in [2.05, 4.69) is 60.0 Å². The molecule has 0 amide bonds. The highest BCUT2D eigenvalue weighted by Gasteiger charge is 2.24. The van der Waals surface area contributed by atoms with Crippen LogP contribution in [0, 0.1) is 0 Å². The third kappa shape index (κ3) is 2.44. The molecule has 0 saturated heterocycles. The maximum Gasteiger partial charge on any atom is 0.118 e. The smallest absolute Gasteiger partial charge is 0.118 e. The van der Waals surface area contributed by atoms with Crippen LogP contribution in [0.5, 0.6) is 5.75 Å². The molecule has 0 radical (unpaired) electrons. The van der Waals surface area contributed by atoms with Crippen molar-refractivity contribution in [3.05, 3.63) is 83.2 Å². The van der Waals surface area contributed by atoms with Crippen molar-refractivity contribution in [1.82, 2.24) is 4.98 Å². The molecule has 0 fully saturated rings. The van der Waals surface area contributed by atoms with E-state index in [4.69, 9.17) is 9.72 Å². The molecular formula is C23H17NOS. The Balaban J connectivity index is 1.74. The van der Waals surface area contributed by atoms with Gasteiger partial charge in [0.2, 0.25) is 0 Å². The Bertz CT molecular complexity index is 1080. The summed E-state index contributed by atoms with van der Waals surface area (Å²) in [7, 11) is 1.69. The standard InChI is InChI=1S/C23H17NOS/c1-25-17-10-8-15(9-11-17)21-14-19(22-7-4-12-26-22)20-13-16-5-2-3-6-18(16)23(20)24-21/h2-12,14H,13H2,1H3. The molecule has 2 aromatic heterocycles. The van der Waals surface area contributed by atoms with Crippen molar-refractivity contribution in [1.29, 1.82) is 0 Å². The van der Waals surface area contributed by atoms with Gasteiger partial charge in [-0.15, -0.1) is 11.3 Å². The van der Waals surface area contributed by atoms with Crippen LogP contribution in [0.4, 0.5) is 0 Å². The molecule has 0 aliphatic heterocycles. The maximum absolute atomic E-state index is 5.29. The molecule has 1 aliphatic carbocycles. The summed E-state index contributed by atoms with van der Waals surface area (Å²) in [4.78, 5) is 6.35. The van der Waals surface area contributed by atoms with Crippen molar-refractivity contribution in [3.63, 3.8) is 0 Å². The van der Waals surface area contributed by atoms with E-state index in [0.29, 0.717) is 0 Å². The Kier molecular flexibility index (Phi) is 3.61. The minimum Gasteiger partial charge on any atom is -0.497 e. The monoisotopic (exact) mass is 355 g/mol. The SMILES string of the molecule is COc1ccc(-c2cc(-c3cccs3)c3c(n2)-c2ccccc2C3)cc1. The van der Waals surface area contributed by atoms with Gasteiger partial charge in [-0.2, -0.15) is 0 Å². The average molecular weight is 355 g/mol. The Labute approximate surface area is 156 Å². The van der Waals surface area contributed by atoms with Gasteiger partial charge in [0.05, 0.1) is 18.5 Å². The molecule has 3 heteroatoms. The molecule has 0 bridgehead atoms. The third-order valence-corrected chi connectivity index (χ3v) is 5.84. The zero-order valence-electron chi connectivity index (χ0n) is 14.4. The quantitative estimate of drug-likeness (QED) is 0.393. The molecule has 0 unspecified atom stereocenters. The first-order valence-corrected chi connectivity index (χ1v) is 9.52. The molecule has 2 nitrogen and oxygen atoms in total. The zero-order valence-corrected chi connectivity index (χ0v) is 15.2. The van der Waals surface area contributed by atoms with Crippen LogP contribution in [0.25, 0.3) is 33.0 Å². The second-order valence-corrected chi connectivity index (χ2v) is 7.37. The largest absolute Gasteiger partial charge is 0.497 e. The van der Waals surface area contributed by atoms with Crippen molar-refractivity contribution in [2.75, 3.05) is 7.11 Å². The Morgan fingerprint density at radius 1 is 0.923 bits per heavy atom. The predicted molar refractivity (Wildman–Crippen MR) is 108 cm³/mol. The van der Waals surface area contributed by atoms with Gasteiger partial charge in [-0.1, -0.05) is 30.3 Å². The van der Waals surface area contributed by atoms with Gasteiger partial charge in [0.15, 0.2) is 0 Å². The van der Waals surface area contributed by atoms with E-state index >= 15 is 0 Å². The first kappa shape index (κ1) is 15.4. The van der Waals surface area contributed by atoms with E-state index in [0.717, 1.165) is 29.1 Å². The molecule has 0 saturated carbocycles. The van der Waals surface area contributed by atoms with Crippen LogP contribution in [0.1, 0.15) is 11.1 Å². The highest BCUT2D eigenvalue weighted by atomic mass is 32.1. The molecule has 2 heterocycles. The molecule has 126 valence electrons. The summed E-state index contributed by atoms with van der Waals surface area (Å²) in [6.07, 6.45) is 0.953. The summed E-state index contributed by atoms with van der Waals surface area (Å²) in [5.74, 6) is 0.860. The van der Waals surface area contributed by atoms with Crippen LogP contribution < -0.4 is 4.74 Å². The second kappa shape index (κ2) is 6.11. The molecule has 1 aliphatic rings. The van der Waals surface area contributed by atoms with Gasteiger partial charge in [-0.05, 0) is 58.5 Å². The molecule has 0 atom stereocenters. The number of hydrogen-bond acceptors (Lipinski definition) is 3. The van der Waals surface area contributed by atoms with Crippen molar-refractivity contribution >= 4 is 11.3 Å². The number of thiophene rings is 1. The minimum absolute atomic E-state index is 0.860. The summed E-state index contributed by atoms with van der Waals surface area (Å²) in [5, 5.41) is 2.14. The number of hydrogen-bond donors (Lipinski definition) is 0. The van der Waals surface area contributed by atoms with Crippen LogP contribution in [0.15, 0.2) is 72.1 Å². The van der Waals surface area contributed by atoms with Gasteiger partial charge < -0.3 is 4.74 Å². The fourth-order valence-electron chi connectivity index (χ4n) is 3.63. The average Bonchev–Trinajstić information content (AvgIpc) is 3.35. The number of benzene rings is 2. The molecule has 0 spiro atoms. The van der Waals surface area contributed by atoms with E-state index in [1.54, 1.807) is 18.4 Å². The summed E-state index contributed by atoms with van der Waals surface area (Å²) in [5.41, 5.74) is 8.49. The second-order valence-electron chi connectivity index (χ2n) is 6.42. The predicted octanol–water partition coefficient (Wildman–Crippen LogP) is 6.06. The van der Waals surface area contributed by atoms with Gasteiger partial charge in [0.25, 0.3) is 0 Å². The first-order chi connectivity index (χ1) is 12.8. The van der Waals surface area contributed by atoms with E-state index in [1.165, 1.54) is 27.1 Å². The number of aromatic nitrogens is 1. The fraction of sp³-hybridized carbons (Fsp3) is 0.0870. The van der Waals surface area contributed by atoms with Gasteiger partial charge in [-0.3, -0.25) is 0 Å². The first-order valence-electron chi connectivity index (χ1n) is 8.64. The van der Waals surface area contributed by atoms with E-state index in [9.17, 15) is 0 Å². The molecule has 5 rings (SSSR count). The lowest BCUT2D eigenvalue weighted by Crippen LogP contribution is -1.93. The lowest BCUT2D eigenvalue weighted by molar-refractivity contribution is 0.415. The molecule has 2 aromatic carbocycles. The third-order valence-electron chi connectivity index (χ3n) is 4.94. The summed E-state index contributed by atoms with van der Waals surface area (Å²) >= 11 is 1.78. The van der Waals surface area contributed by atoms with E-state index in [1.807, 2.05) is 12.1 Å². The van der Waals surface area contributed by atoms with Crippen molar-refractivity contribution in [2.45, 2.75) is 6.42 Å². The summed E-state index contributed by atoms with van der Waals surface area (Å²) in [6.45, 7) is 0. The van der Waals surface area contributed by atoms with Crippen LogP contribution in [0.2, 0.25) is 0 Å². The lowest BCUT2D eigenvalue weighted by atomic mass is 10.0. The number of fused-ring (bicyclic) bond motifs is 3. The summed E-state index contributed by atoms with van der Waals surface area (Å²) < 4.78 is 5.29. The van der Waals surface area contributed by atoms with Crippen molar-refractivity contribution in [2.24, 2.45) is 0 Å². The van der Waals surface area contributed by atoms with Crippen LogP contribution in [-0.2, 0) is 6.42 Å². The van der Waals surface area contributed by atoms with Gasteiger partial charge >= 0.3 is 0 Å². The lowest BCUT2D eigenvalue weighted by Gasteiger charge is -2.11. The Hall–Kier alpha value is -2.91. The molecule has 26 heavy (non-hydrogen) atoms. The van der Waals surface area contributed by atoms with Crippen LogP contribution in [-0.4, -0.2) is 12.1 Å². The topological polar surface area (TPSA) is 22.1 Å². The Morgan fingerprint density at radius 3 is 2.54 bits per heavy atom. The highest BCUT2D eigenvalue weighted by molar-refractivity contribution is 7.13. The number of ether oxygens (including phenoxy) is 1. The number of methoxy groups -OCH3 is 1. The number of nitrogens with zero attached hydrogens (tertiary/aromatic N) is 1. The Morgan fingerprint density at radius 2 is 1.77 bits per heavy atom. The maximum atomic E-state index is 5.29. The molecular weight excluding hydrogens is 338 g/mol. The van der Waals surface area contributed by atoms with Crippen LogP contribution in [0.3, 0.4) is 0 Å².